The number of rotatable bonds is 3. The highest BCUT2D eigenvalue weighted by Gasteiger charge is 2.21. The highest BCUT2D eigenvalue weighted by atomic mass is 16.5. The standard InChI is InChI=1S/C14H24O2.6C2H6/c15-14(11-12-7-3-1-4-8-12)16-13-9-5-2-6-10-13;6*1-2/h12-13H,1-11H2;6*1-2H3. The first-order valence-corrected chi connectivity index (χ1v) is 13.0. The van der Waals surface area contributed by atoms with Crippen LogP contribution in [0.25, 0.3) is 0 Å². The second-order valence-electron chi connectivity index (χ2n) is 5.46. The van der Waals surface area contributed by atoms with E-state index in [0.717, 1.165) is 12.8 Å². The molecule has 0 amide bonds. The topological polar surface area (TPSA) is 26.3 Å². The molecule has 2 rings (SSSR count). The molecule has 28 heavy (non-hydrogen) atoms. The SMILES string of the molecule is CC.CC.CC.CC.CC.CC.O=C(CC1CCCCC1)OC1CCCCC1. The van der Waals surface area contributed by atoms with Crippen LogP contribution in [0.1, 0.15) is 154 Å². The normalized spacial score (nSPS) is 15.1. The van der Waals surface area contributed by atoms with Crippen LogP contribution in [0.2, 0.25) is 0 Å². The van der Waals surface area contributed by atoms with E-state index in [1.54, 1.807) is 0 Å². The molecule has 2 aliphatic carbocycles. The van der Waals surface area contributed by atoms with Gasteiger partial charge in [-0.2, -0.15) is 0 Å². The summed E-state index contributed by atoms with van der Waals surface area (Å²) >= 11 is 0. The van der Waals surface area contributed by atoms with Crippen LogP contribution < -0.4 is 0 Å². The Kier molecular flexibility index (Phi) is 55.8. The summed E-state index contributed by atoms with van der Waals surface area (Å²) in [7, 11) is 0. The summed E-state index contributed by atoms with van der Waals surface area (Å²) in [5.41, 5.74) is 0. The molecule has 0 N–H and O–H groups in total. The van der Waals surface area contributed by atoms with Crippen LogP contribution in [0.4, 0.5) is 0 Å². The highest BCUT2D eigenvalue weighted by Crippen LogP contribution is 2.27. The first kappa shape index (κ1) is 38.1. The van der Waals surface area contributed by atoms with Gasteiger partial charge in [0.05, 0.1) is 0 Å². The van der Waals surface area contributed by atoms with Crippen LogP contribution in [0.3, 0.4) is 0 Å². The van der Waals surface area contributed by atoms with Gasteiger partial charge in [-0.1, -0.05) is 109 Å². The van der Waals surface area contributed by atoms with Crippen molar-refractivity contribution in [2.75, 3.05) is 0 Å². The number of carbonyl (C=O) groups is 1. The fourth-order valence-electron chi connectivity index (χ4n) is 3.04. The van der Waals surface area contributed by atoms with Crippen LogP contribution >= 0.6 is 0 Å². The fraction of sp³-hybridized carbons (Fsp3) is 0.962. The van der Waals surface area contributed by atoms with Gasteiger partial charge in [0.2, 0.25) is 0 Å². The molecule has 0 aliphatic heterocycles. The minimum atomic E-state index is 0.0683. The molecule has 0 unspecified atom stereocenters. The molecule has 176 valence electrons. The molecule has 0 saturated heterocycles. The van der Waals surface area contributed by atoms with Gasteiger partial charge in [0.15, 0.2) is 0 Å². The Morgan fingerprint density at radius 2 is 0.893 bits per heavy atom. The Balaban J connectivity index is -0.000000126. The zero-order valence-electron chi connectivity index (χ0n) is 22.2. The fourth-order valence-corrected chi connectivity index (χ4v) is 3.04. The van der Waals surface area contributed by atoms with Crippen molar-refractivity contribution in [2.24, 2.45) is 5.92 Å². The van der Waals surface area contributed by atoms with Crippen molar-refractivity contribution in [3.05, 3.63) is 0 Å². The summed E-state index contributed by atoms with van der Waals surface area (Å²) in [5.74, 6) is 0.684. The van der Waals surface area contributed by atoms with E-state index in [1.165, 1.54) is 51.4 Å². The van der Waals surface area contributed by atoms with Gasteiger partial charge in [0.25, 0.3) is 0 Å². The maximum atomic E-state index is 11.8. The van der Waals surface area contributed by atoms with E-state index in [2.05, 4.69) is 0 Å². The zero-order valence-corrected chi connectivity index (χ0v) is 22.2. The predicted molar refractivity (Wildman–Crippen MR) is 132 cm³/mol. The van der Waals surface area contributed by atoms with Crippen LogP contribution in [0, 0.1) is 5.92 Å². The number of esters is 1. The summed E-state index contributed by atoms with van der Waals surface area (Å²) in [6.45, 7) is 24.0. The Hall–Kier alpha value is -0.530. The minimum Gasteiger partial charge on any atom is -0.462 e. The summed E-state index contributed by atoms with van der Waals surface area (Å²) in [5, 5.41) is 0. The Morgan fingerprint density at radius 3 is 1.25 bits per heavy atom. The van der Waals surface area contributed by atoms with Crippen LogP contribution in [0.5, 0.6) is 0 Å². The Labute approximate surface area is 181 Å². The quantitative estimate of drug-likeness (QED) is 0.437. The molecule has 2 heteroatoms. The number of hydrogen-bond donors (Lipinski definition) is 0. The molecule has 0 aromatic rings. The van der Waals surface area contributed by atoms with E-state index in [9.17, 15) is 4.79 Å². The van der Waals surface area contributed by atoms with Crippen molar-refractivity contribution in [1.29, 1.82) is 0 Å². The molecule has 0 aromatic carbocycles. The third-order valence-electron chi connectivity index (χ3n) is 4.03. The first-order chi connectivity index (χ1) is 13.8. The van der Waals surface area contributed by atoms with Gasteiger partial charge in [-0.05, 0) is 44.4 Å². The van der Waals surface area contributed by atoms with E-state index in [1.807, 2.05) is 83.1 Å². The molecular weight excluding hydrogens is 344 g/mol. The lowest BCUT2D eigenvalue weighted by atomic mass is 9.87. The molecule has 2 aliphatic rings. The van der Waals surface area contributed by atoms with Gasteiger partial charge in [0, 0.05) is 6.42 Å². The zero-order chi connectivity index (χ0) is 23.2. The summed E-state index contributed by atoms with van der Waals surface area (Å²) in [4.78, 5) is 11.8. The Morgan fingerprint density at radius 1 is 0.571 bits per heavy atom. The minimum absolute atomic E-state index is 0.0683. The molecular formula is C26H60O2. The number of ether oxygens (including phenoxy) is 1. The third-order valence-corrected chi connectivity index (χ3v) is 4.03. The van der Waals surface area contributed by atoms with E-state index in [4.69, 9.17) is 4.74 Å². The van der Waals surface area contributed by atoms with Crippen molar-refractivity contribution < 1.29 is 9.53 Å². The lowest BCUT2D eigenvalue weighted by Gasteiger charge is -2.24. The van der Waals surface area contributed by atoms with Crippen molar-refractivity contribution in [1.82, 2.24) is 0 Å². The smallest absolute Gasteiger partial charge is 0.306 e. The van der Waals surface area contributed by atoms with Crippen molar-refractivity contribution in [3.63, 3.8) is 0 Å². The van der Waals surface area contributed by atoms with E-state index in [-0.39, 0.29) is 12.1 Å². The Bertz CT molecular complexity index is 192. The van der Waals surface area contributed by atoms with E-state index >= 15 is 0 Å². The summed E-state index contributed by atoms with van der Waals surface area (Å²) in [6, 6.07) is 0. The number of hydrogen-bond acceptors (Lipinski definition) is 2. The molecule has 0 atom stereocenters. The van der Waals surface area contributed by atoms with Gasteiger partial charge in [0.1, 0.15) is 6.10 Å². The summed E-state index contributed by atoms with van der Waals surface area (Å²) in [6.07, 6.45) is 13.3. The molecule has 2 nitrogen and oxygen atoms in total. The second kappa shape index (κ2) is 41.0. The van der Waals surface area contributed by atoms with Crippen LogP contribution in [-0.2, 0) is 9.53 Å². The van der Waals surface area contributed by atoms with Gasteiger partial charge < -0.3 is 4.74 Å². The average Bonchev–Trinajstić information content (AvgIpc) is 2.83. The predicted octanol–water partition coefficient (Wildman–Crippen LogP) is 9.99. The molecule has 0 aromatic heterocycles. The largest absolute Gasteiger partial charge is 0.462 e. The third kappa shape index (κ3) is 27.7. The van der Waals surface area contributed by atoms with E-state index < -0.39 is 0 Å². The highest BCUT2D eigenvalue weighted by molar-refractivity contribution is 5.69. The first-order valence-electron chi connectivity index (χ1n) is 13.0. The van der Waals surface area contributed by atoms with Crippen molar-refractivity contribution in [3.8, 4) is 0 Å². The molecule has 0 spiro atoms. The van der Waals surface area contributed by atoms with Gasteiger partial charge in [-0.15, -0.1) is 0 Å². The van der Waals surface area contributed by atoms with Gasteiger partial charge >= 0.3 is 5.97 Å². The van der Waals surface area contributed by atoms with Crippen LogP contribution in [0.15, 0.2) is 0 Å². The van der Waals surface area contributed by atoms with Gasteiger partial charge in [-0.25, -0.2) is 0 Å². The second-order valence-corrected chi connectivity index (χ2v) is 5.46. The van der Waals surface area contributed by atoms with Gasteiger partial charge in [-0.3, -0.25) is 4.79 Å². The van der Waals surface area contributed by atoms with E-state index in [0.29, 0.717) is 12.3 Å². The number of carbonyl (C=O) groups excluding carboxylic acids is 1. The molecule has 2 fully saturated rings. The maximum Gasteiger partial charge on any atom is 0.306 e. The molecule has 2 saturated carbocycles. The van der Waals surface area contributed by atoms with Crippen LogP contribution in [-0.4, -0.2) is 12.1 Å². The molecule has 0 radical (unpaired) electrons. The molecule has 0 bridgehead atoms. The maximum absolute atomic E-state index is 11.8. The summed E-state index contributed by atoms with van der Waals surface area (Å²) < 4.78 is 5.56. The monoisotopic (exact) mass is 404 g/mol. The lowest BCUT2D eigenvalue weighted by Crippen LogP contribution is -2.23. The van der Waals surface area contributed by atoms with Crippen molar-refractivity contribution in [2.45, 2.75) is 160 Å². The lowest BCUT2D eigenvalue weighted by molar-refractivity contribution is -0.151. The van der Waals surface area contributed by atoms with Crippen molar-refractivity contribution >= 4 is 5.97 Å². The average molecular weight is 405 g/mol. The molecule has 0 heterocycles.